The highest BCUT2D eigenvalue weighted by Crippen LogP contribution is 2.35. The summed E-state index contributed by atoms with van der Waals surface area (Å²) in [7, 11) is 1.47. The van der Waals surface area contributed by atoms with Gasteiger partial charge < -0.3 is 20.1 Å². The van der Waals surface area contributed by atoms with E-state index in [1.165, 1.54) is 7.11 Å². The number of rotatable bonds is 4. The first-order valence-corrected chi connectivity index (χ1v) is 7.03. The number of phenols is 1. The normalized spacial score (nSPS) is 15.2. The molecule has 1 aliphatic rings. The highest BCUT2D eigenvalue weighted by molar-refractivity contribution is 6.32. The summed E-state index contributed by atoms with van der Waals surface area (Å²) in [5.41, 5.74) is 0.883. The van der Waals surface area contributed by atoms with Crippen molar-refractivity contribution in [2.24, 2.45) is 0 Å². The number of ether oxygens (including phenoxy) is 1. The number of piperazine rings is 1. The second-order valence-corrected chi connectivity index (χ2v) is 5.17. The van der Waals surface area contributed by atoms with E-state index in [9.17, 15) is 9.90 Å². The van der Waals surface area contributed by atoms with Gasteiger partial charge in [-0.05, 0) is 24.1 Å². The minimum absolute atomic E-state index is 0.0636. The Kier molecular flexibility index (Phi) is 5.09. The molecule has 6 heteroatoms. The maximum atomic E-state index is 12.1. The Bertz CT molecular complexity index is 488. The maximum Gasteiger partial charge on any atom is 0.222 e. The third kappa shape index (κ3) is 3.55. The van der Waals surface area contributed by atoms with Crippen molar-refractivity contribution in [2.75, 3.05) is 33.3 Å². The Morgan fingerprint density at radius 1 is 1.45 bits per heavy atom. The Balaban J connectivity index is 1.96. The number of hydrogen-bond acceptors (Lipinski definition) is 4. The predicted molar refractivity (Wildman–Crippen MR) is 77.4 cm³/mol. The molecule has 5 nitrogen and oxygen atoms in total. The maximum absolute atomic E-state index is 12.1. The van der Waals surface area contributed by atoms with Crippen LogP contribution in [0.5, 0.6) is 11.5 Å². The summed E-state index contributed by atoms with van der Waals surface area (Å²) in [6.07, 6.45) is 1.02. The molecule has 110 valence electrons. The SMILES string of the molecule is COc1cc(CCC(=O)N2CCNCC2)cc(Cl)c1O. The Morgan fingerprint density at radius 2 is 2.15 bits per heavy atom. The number of aromatic hydroxyl groups is 1. The van der Waals surface area contributed by atoms with Crippen LogP contribution in [0.1, 0.15) is 12.0 Å². The van der Waals surface area contributed by atoms with E-state index < -0.39 is 0 Å². The Labute approximate surface area is 123 Å². The van der Waals surface area contributed by atoms with Gasteiger partial charge in [-0.15, -0.1) is 0 Å². The molecule has 1 saturated heterocycles. The first kappa shape index (κ1) is 14.9. The molecule has 0 aliphatic carbocycles. The molecule has 2 N–H and O–H groups in total. The van der Waals surface area contributed by atoms with E-state index in [0.717, 1.165) is 31.7 Å². The zero-order valence-corrected chi connectivity index (χ0v) is 12.2. The van der Waals surface area contributed by atoms with Gasteiger partial charge in [0.1, 0.15) is 0 Å². The molecule has 0 aromatic heterocycles. The molecular weight excluding hydrogens is 280 g/mol. The first-order valence-electron chi connectivity index (χ1n) is 6.65. The molecule has 1 heterocycles. The van der Waals surface area contributed by atoms with Gasteiger partial charge in [0.2, 0.25) is 5.91 Å². The minimum Gasteiger partial charge on any atom is -0.503 e. The summed E-state index contributed by atoms with van der Waals surface area (Å²) in [5.74, 6) is 0.420. The topological polar surface area (TPSA) is 61.8 Å². The van der Waals surface area contributed by atoms with E-state index >= 15 is 0 Å². The fraction of sp³-hybridized carbons (Fsp3) is 0.500. The van der Waals surface area contributed by atoms with Crippen LogP contribution in [-0.4, -0.2) is 49.2 Å². The van der Waals surface area contributed by atoms with Crippen molar-refractivity contribution in [1.29, 1.82) is 0 Å². The Morgan fingerprint density at radius 3 is 2.80 bits per heavy atom. The number of nitrogens with one attached hydrogen (secondary N) is 1. The van der Waals surface area contributed by atoms with Crippen LogP contribution in [0.15, 0.2) is 12.1 Å². The van der Waals surface area contributed by atoms with Gasteiger partial charge in [-0.2, -0.15) is 0 Å². The molecule has 20 heavy (non-hydrogen) atoms. The largest absolute Gasteiger partial charge is 0.503 e. The van der Waals surface area contributed by atoms with Crippen molar-refractivity contribution in [3.05, 3.63) is 22.7 Å². The number of hydrogen-bond donors (Lipinski definition) is 2. The smallest absolute Gasteiger partial charge is 0.222 e. The second kappa shape index (κ2) is 6.81. The lowest BCUT2D eigenvalue weighted by atomic mass is 10.1. The fourth-order valence-corrected chi connectivity index (χ4v) is 2.48. The quantitative estimate of drug-likeness (QED) is 0.882. The number of methoxy groups -OCH3 is 1. The van der Waals surface area contributed by atoms with Crippen molar-refractivity contribution >= 4 is 17.5 Å². The number of phenolic OH excluding ortho intramolecular Hbond substituents is 1. The molecule has 0 radical (unpaired) electrons. The van der Waals surface area contributed by atoms with E-state index in [-0.39, 0.29) is 16.7 Å². The summed E-state index contributed by atoms with van der Waals surface area (Å²) < 4.78 is 5.05. The fourth-order valence-electron chi connectivity index (χ4n) is 2.25. The zero-order chi connectivity index (χ0) is 14.5. The lowest BCUT2D eigenvalue weighted by molar-refractivity contribution is -0.131. The Hall–Kier alpha value is -1.46. The third-order valence-electron chi connectivity index (χ3n) is 3.41. The van der Waals surface area contributed by atoms with Crippen LogP contribution in [0.2, 0.25) is 5.02 Å². The van der Waals surface area contributed by atoms with Crippen molar-refractivity contribution in [3.8, 4) is 11.5 Å². The number of halogens is 1. The molecule has 0 saturated carbocycles. The monoisotopic (exact) mass is 298 g/mol. The van der Waals surface area contributed by atoms with Crippen molar-refractivity contribution in [2.45, 2.75) is 12.8 Å². The molecule has 0 atom stereocenters. The molecular formula is C14H19ClN2O3. The number of benzene rings is 1. The zero-order valence-electron chi connectivity index (χ0n) is 11.5. The van der Waals surface area contributed by atoms with E-state index in [0.29, 0.717) is 18.6 Å². The number of amides is 1. The van der Waals surface area contributed by atoms with Crippen LogP contribution in [0.3, 0.4) is 0 Å². The van der Waals surface area contributed by atoms with E-state index in [1.54, 1.807) is 12.1 Å². The molecule has 1 aliphatic heterocycles. The van der Waals surface area contributed by atoms with E-state index in [4.69, 9.17) is 16.3 Å². The standard InChI is InChI=1S/C14H19ClN2O3/c1-20-12-9-10(8-11(15)14(12)19)2-3-13(18)17-6-4-16-5-7-17/h8-9,16,19H,2-7H2,1H3. The van der Waals surface area contributed by atoms with Gasteiger partial charge in [-0.25, -0.2) is 0 Å². The summed E-state index contributed by atoms with van der Waals surface area (Å²) in [6.45, 7) is 3.23. The van der Waals surface area contributed by atoms with Gasteiger partial charge in [-0.3, -0.25) is 4.79 Å². The molecule has 1 amide bonds. The summed E-state index contributed by atoms with van der Waals surface area (Å²) in [5, 5.41) is 13.1. The minimum atomic E-state index is -0.0636. The molecule has 2 rings (SSSR count). The van der Waals surface area contributed by atoms with Gasteiger partial charge in [-0.1, -0.05) is 11.6 Å². The number of nitrogens with zero attached hydrogens (tertiary/aromatic N) is 1. The van der Waals surface area contributed by atoms with Crippen LogP contribution < -0.4 is 10.1 Å². The summed E-state index contributed by atoms with van der Waals surface area (Å²) in [6, 6.07) is 3.39. The van der Waals surface area contributed by atoms with Crippen molar-refractivity contribution < 1.29 is 14.6 Å². The van der Waals surface area contributed by atoms with Gasteiger partial charge in [0, 0.05) is 32.6 Å². The number of aryl methyl sites for hydroxylation is 1. The van der Waals surface area contributed by atoms with Gasteiger partial charge >= 0.3 is 0 Å². The predicted octanol–water partition coefficient (Wildman–Crippen LogP) is 1.42. The number of carbonyl (C=O) groups excluding carboxylic acids is 1. The molecule has 1 aromatic carbocycles. The molecule has 0 unspecified atom stereocenters. The van der Waals surface area contributed by atoms with Gasteiger partial charge in [0.15, 0.2) is 11.5 Å². The third-order valence-corrected chi connectivity index (χ3v) is 3.69. The van der Waals surface area contributed by atoms with Crippen LogP contribution in [0.25, 0.3) is 0 Å². The van der Waals surface area contributed by atoms with Crippen LogP contribution in [0.4, 0.5) is 0 Å². The van der Waals surface area contributed by atoms with E-state index in [1.807, 2.05) is 4.90 Å². The highest BCUT2D eigenvalue weighted by Gasteiger charge is 2.16. The van der Waals surface area contributed by atoms with Crippen LogP contribution >= 0.6 is 11.6 Å². The summed E-state index contributed by atoms with van der Waals surface area (Å²) in [4.78, 5) is 13.9. The van der Waals surface area contributed by atoms with Crippen LogP contribution in [0, 0.1) is 0 Å². The van der Waals surface area contributed by atoms with Gasteiger partial charge in [0.05, 0.1) is 12.1 Å². The second-order valence-electron chi connectivity index (χ2n) is 4.76. The lowest BCUT2D eigenvalue weighted by Gasteiger charge is -2.27. The molecule has 0 bridgehead atoms. The molecule has 1 aromatic rings. The number of carbonyl (C=O) groups is 1. The first-order chi connectivity index (χ1) is 9.61. The average molecular weight is 299 g/mol. The molecule has 1 fully saturated rings. The average Bonchev–Trinajstić information content (AvgIpc) is 2.48. The summed E-state index contributed by atoms with van der Waals surface area (Å²) >= 11 is 5.93. The van der Waals surface area contributed by atoms with E-state index in [2.05, 4.69) is 5.32 Å². The van der Waals surface area contributed by atoms with Crippen LogP contribution in [-0.2, 0) is 11.2 Å². The molecule has 0 spiro atoms. The van der Waals surface area contributed by atoms with Crippen molar-refractivity contribution in [1.82, 2.24) is 10.2 Å². The highest BCUT2D eigenvalue weighted by atomic mass is 35.5. The van der Waals surface area contributed by atoms with Gasteiger partial charge in [0.25, 0.3) is 0 Å². The lowest BCUT2D eigenvalue weighted by Crippen LogP contribution is -2.46. The van der Waals surface area contributed by atoms with Crippen molar-refractivity contribution in [3.63, 3.8) is 0 Å².